The molecule has 2 aromatic carbocycles. The first kappa shape index (κ1) is 28.2. The summed E-state index contributed by atoms with van der Waals surface area (Å²) in [5.74, 6) is -0.912. The van der Waals surface area contributed by atoms with Crippen molar-refractivity contribution in [3.63, 3.8) is 0 Å². The van der Waals surface area contributed by atoms with Gasteiger partial charge in [-0.15, -0.1) is 0 Å². The van der Waals surface area contributed by atoms with Crippen LogP contribution in [0.2, 0.25) is 0 Å². The molecule has 0 aliphatic carbocycles. The molecule has 206 valence electrons. The quantitative estimate of drug-likeness (QED) is 0.301. The summed E-state index contributed by atoms with van der Waals surface area (Å²) in [4.78, 5) is 17.5. The fourth-order valence-electron chi connectivity index (χ4n) is 4.26. The van der Waals surface area contributed by atoms with Crippen LogP contribution in [0.1, 0.15) is 29.3 Å². The molecule has 0 atom stereocenters. The molecule has 0 saturated carbocycles. The number of aryl methyl sites for hydroxylation is 1. The molecule has 0 spiro atoms. The second-order valence-corrected chi connectivity index (χ2v) is 12.9. The number of sulfone groups is 1. The third-order valence-electron chi connectivity index (χ3n) is 6.19. The van der Waals surface area contributed by atoms with Gasteiger partial charge in [0.2, 0.25) is 15.7 Å². The maximum absolute atomic E-state index is 13.5. The number of halogens is 1. The summed E-state index contributed by atoms with van der Waals surface area (Å²) >= 11 is 0. The number of nitrogens with zero attached hydrogens (tertiary/aromatic N) is 2. The van der Waals surface area contributed by atoms with E-state index in [9.17, 15) is 26.0 Å². The Morgan fingerprint density at radius 1 is 1.05 bits per heavy atom. The topological polar surface area (TPSA) is 127 Å². The molecule has 4 rings (SSSR count). The van der Waals surface area contributed by atoms with Gasteiger partial charge in [-0.25, -0.2) is 21.2 Å². The van der Waals surface area contributed by atoms with Gasteiger partial charge in [-0.05, 0) is 60.9 Å². The molecular formula is C27H28FN3O6S2. The Labute approximate surface area is 226 Å². The zero-order chi connectivity index (χ0) is 28.4. The maximum atomic E-state index is 13.5. The minimum atomic E-state index is -3.87. The van der Waals surface area contributed by atoms with Gasteiger partial charge in [0.15, 0.2) is 9.84 Å². The summed E-state index contributed by atoms with van der Waals surface area (Å²) in [6.45, 7) is 1.68. The Morgan fingerprint density at radius 3 is 2.31 bits per heavy atom. The summed E-state index contributed by atoms with van der Waals surface area (Å²) in [6, 6.07) is 15.0. The highest BCUT2D eigenvalue weighted by Crippen LogP contribution is 2.36. The second kappa shape index (κ2) is 11.1. The van der Waals surface area contributed by atoms with E-state index in [2.05, 4.69) is 10.3 Å². The molecule has 2 heterocycles. The highest BCUT2D eigenvalue weighted by atomic mass is 32.2. The standard InChI is InChI=1S/C27H28FN3O6S2/c1-4-18-17-22-23(26(32)29-2)24(19-11-13-20(28)14-12-19)37-27(22)30-25(18)31(38(3,33)34)15-8-16-39(35,36)21-9-6-5-7-10-21/h5-7,9-14,17H,4,8,15-16H2,1-3H3,(H,29,32). The van der Waals surface area contributed by atoms with Gasteiger partial charge in [0, 0.05) is 19.2 Å². The fourth-order valence-corrected chi connectivity index (χ4v) is 6.51. The van der Waals surface area contributed by atoms with E-state index in [-0.39, 0.29) is 46.5 Å². The van der Waals surface area contributed by atoms with Gasteiger partial charge in [-0.2, -0.15) is 4.98 Å². The van der Waals surface area contributed by atoms with Crippen molar-refractivity contribution in [3.8, 4) is 11.3 Å². The number of sulfonamides is 1. The van der Waals surface area contributed by atoms with Crippen LogP contribution in [0.15, 0.2) is 70.0 Å². The molecule has 0 fully saturated rings. The van der Waals surface area contributed by atoms with E-state index in [0.29, 0.717) is 22.9 Å². The molecule has 0 saturated heterocycles. The molecule has 0 aliphatic heterocycles. The lowest BCUT2D eigenvalue weighted by molar-refractivity contribution is 0.0964. The smallest absolute Gasteiger partial charge is 0.255 e. The van der Waals surface area contributed by atoms with Crippen molar-refractivity contribution in [3.05, 3.63) is 77.6 Å². The van der Waals surface area contributed by atoms with Crippen molar-refractivity contribution in [1.82, 2.24) is 10.3 Å². The van der Waals surface area contributed by atoms with E-state index < -0.39 is 31.6 Å². The van der Waals surface area contributed by atoms with Gasteiger partial charge in [0.25, 0.3) is 5.91 Å². The zero-order valence-electron chi connectivity index (χ0n) is 21.6. The molecular weight excluding hydrogens is 545 g/mol. The number of anilines is 1. The lowest BCUT2D eigenvalue weighted by Gasteiger charge is -2.23. The lowest BCUT2D eigenvalue weighted by atomic mass is 10.0. The van der Waals surface area contributed by atoms with Crippen LogP contribution in [-0.2, 0) is 26.3 Å². The van der Waals surface area contributed by atoms with Crippen molar-refractivity contribution < 1.29 is 30.4 Å². The van der Waals surface area contributed by atoms with E-state index in [0.717, 1.165) is 10.6 Å². The molecule has 1 N–H and O–H groups in total. The third kappa shape index (κ3) is 5.96. The number of benzene rings is 2. The molecule has 39 heavy (non-hydrogen) atoms. The molecule has 0 unspecified atom stereocenters. The van der Waals surface area contributed by atoms with Crippen molar-refractivity contribution in [2.45, 2.75) is 24.7 Å². The summed E-state index contributed by atoms with van der Waals surface area (Å²) < 4.78 is 71.7. The highest BCUT2D eigenvalue weighted by Gasteiger charge is 2.28. The molecule has 0 aliphatic rings. The Hall–Kier alpha value is -3.77. The van der Waals surface area contributed by atoms with E-state index in [1.54, 1.807) is 24.3 Å². The molecule has 9 nitrogen and oxygen atoms in total. The number of fused-ring (bicyclic) bond motifs is 1. The zero-order valence-corrected chi connectivity index (χ0v) is 23.3. The number of carbonyl (C=O) groups excluding carboxylic acids is 1. The Bertz CT molecular complexity index is 1720. The van der Waals surface area contributed by atoms with Gasteiger partial charge >= 0.3 is 0 Å². The van der Waals surface area contributed by atoms with Gasteiger partial charge in [0.05, 0.1) is 27.9 Å². The fraction of sp³-hybridized carbons (Fsp3) is 0.259. The molecule has 2 aromatic heterocycles. The van der Waals surface area contributed by atoms with Gasteiger partial charge in [0.1, 0.15) is 17.4 Å². The number of carbonyl (C=O) groups is 1. The second-order valence-electron chi connectivity index (χ2n) is 8.89. The normalized spacial score (nSPS) is 12.0. The minimum Gasteiger partial charge on any atom is -0.437 e. The highest BCUT2D eigenvalue weighted by molar-refractivity contribution is 7.92. The number of aromatic nitrogens is 1. The number of pyridine rings is 1. The van der Waals surface area contributed by atoms with Crippen molar-refractivity contribution in [2.75, 3.05) is 29.9 Å². The van der Waals surface area contributed by atoms with Crippen molar-refractivity contribution >= 4 is 42.7 Å². The van der Waals surface area contributed by atoms with Crippen LogP contribution in [-0.4, -0.2) is 53.3 Å². The number of furan rings is 1. The summed E-state index contributed by atoms with van der Waals surface area (Å²) in [5.41, 5.74) is 1.17. The van der Waals surface area contributed by atoms with Crippen LogP contribution in [0.3, 0.4) is 0 Å². The van der Waals surface area contributed by atoms with Gasteiger partial charge in [-0.1, -0.05) is 25.1 Å². The average molecular weight is 574 g/mol. The number of nitrogens with one attached hydrogen (secondary N) is 1. The van der Waals surface area contributed by atoms with Gasteiger partial charge < -0.3 is 9.73 Å². The predicted octanol–water partition coefficient (Wildman–Crippen LogP) is 4.19. The maximum Gasteiger partial charge on any atom is 0.255 e. The number of rotatable bonds is 10. The molecule has 0 bridgehead atoms. The molecule has 4 aromatic rings. The van der Waals surface area contributed by atoms with Gasteiger partial charge in [-0.3, -0.25) is 9.10 Å². The third-order valence-corrected chi connectivity index (χ3v) is 9.17. The van der Waals surface area contributed by atoms with Crippen LogP contribution in [0.25, 0.3) is 22.4 Å². The van der Waals surface area contributed by atoms with Crippen LogP contribution in [0, 0.1) is 5.82 Å². The van der Waals surface area contributed by atoms with E-state index in [1.165, 1.54) is 43.4 Å². The average Bonchev–Trinajstić information content (AvgIpc) is 3.28. The number of amides is 1. The summed E-state index contributed by atoms with van der Waals surface area (Å²) in [6.07, 6.45) is 1.42. The lowest BCUT2D eigenvalue weighted by Crippen LogP contribution is -2.33. The van der Waals surface area contributed by atoms with Crippen LogP contribution in [0.5, 0.6) is 0 Å². The first-order valence-electron chi connectivity index (χ1n) is 12.2. The Balaban J connectivity index is 1.77. The number of hydrogen-bond acceptors (Lipinski definition) is 7. The van der Waals surface area contributed by atoms with Crippen LogP contribution >= 0.6 is 0 Å². The van der Waals surface area contributed by atoms with Crippen LogP contribution < -0.4 is 9.62 Å². The monoisotopic (exact) mass is 573 g/mol. The van der Waals surface area contributed by atoms with E-state index in [1.807, 2.05) is 6.92 Å². The van der Waals surface area contributed by atoms with Crippen molar-refractivity contribution in [1.29, 1.82) is 0 Å². The Kier molecular flexibility index (Phi) is 8.07. The van der Waals surface area contributed by atoms with Crippen LogP contribution in [0.4, 0.5) is 10.2 Å². The van der Waals surface area contributed by atoms with E-state index >= 15 is 0 Å². The summed E-state index contributed by atoms with van der Waals surface area (Å²) in [7, 11) is -6.02. The molecule has 1 amide bonds. The molecule has 0 radical (unpaired) electrons. The molecule has 12 heteroatoms. The first-order valence-corrected chi connectivity index (χ1v) is 15.7. The first-order chi connectivity index (χ1) is 18.5. The SMILES string of the molecule is CCc1cc2c(C(=O)NC)c(-c3ccc(F)cc3)oc2nc1N(CCCS(=O)(=O)c1ccccc1)S(C)(=O)=O. The predicted molar refractivity (Wildman–Crippen MR) is 147 cm³/mol. The largest absolute Gasteiger partial charge is 0.437 e. The number of hydrogen-bond donors (Lipinski definition) is 1. The minimum absolute atomic E-state index is 0.0192. The Morgan fingerprint density at radius 2 is 1.72 bits per heavy atom. The van der Waals surface area contributed by atoms with Crippen molar-refractivity contribution in [2.24, 2.45) is 0 Å². The summed E-state index contributed by atoms with van der Waals surface area (Å²) in [5, 5.41) is 2.94. The van der Waals surface area contributed by atoms with E-state index in [4.69, 9.17) is 4.42 Å².